The van der Waals surface area contributed by atoms with Gasteiger partial charge in [-0.1, -0.05) is 37.2 Å². The molecule has 3 rings (SSSR count). The Labute approximate surface area is 215 Å². The Morgan fingerprint density at radius 1 is 1.36 bits per heavy atom. The third-order valence-electron chi connectivity index (χ3n) is 5.63. The Balaban J connectivity index is 1.86. The lowest BCUT2D eigenvalue weighted by atomic mass is 9.97. The molecule has 1 saturated heterocycles. The minimum absolute atomic E-state index is 0.121. The second-order valence-corrected chi connectivity index (χ2v) is 11.3. The van der Waals surface area contributed by atoms with Gasteiger partial charge >= 0.3 is 0 Å². The summed E-state index contributed by atoms with van der Waals surface area (Å²) in [4.78, 5) is 23.4. The molecule has 1 amide bonds. The molecular formula is C25H28ClFN4O4S. The molecule has 2 aromatic rings. The van der Waals surface area contributed by atoms with E-state index in [9.17, 15) is 17.6 Å². The molecule has 0 bridgehead atoms. The molecule has 1 aliphatic rings. The molecule has 36 heavy (non-hydrogen) atoms. The van der Waals surface area contributed by atoms with Crippen LogP contribution in [0.25, 0.3) is 0 Å². The molecular weight excluding hydrogens is 507 g/mol. The topological polar surface area (TPSA) is 101 Å². The Kier molecular flexibility index (Phi) is 8.20. The zero-order valence-corrected chi connectivity index (χ0v) is 22.0. The molecule has 8 nitrogen and oxygen atoms in total. The number of allylic oxidation sites excluding steroid dienone is 2. The number of anilines is 1. The summed E-state index contributed by atoms with van der Waals surface area (Å²) in [6, 6.07) is 7.20. The Bertz CT molecular complexity index is 1340. The lowest BCUT2D eigenvalue weighted by Crippen LogP contribution is -2.41. The van der Waals surface area contributed by atoms with Crippen LogP contribution in [0.2, 0.25) is 5.02 Å². The minimum atomic E-state index is -4.38. The van der Waals surface area contributed by atoms with Crippen LogP contribution in [0.4, 0.5) is 10.2 Å². The van der Waals surface area contributed by atoms with Gasteiger partial charge in [0.25, 0.3) is 15.9 Å². The fraction of sp³-hybridized carbons (Fsp3) is 0.320. The van der Waals surface area contributed by atoms with Crippen molar-refractivity contribution in [1.29, 1.82) is 0 Å². The van der Waals surface area contributed by atoms with Crippen molar-refractivity contribution in [3.63, 3.8) is 0 Å². The van der Waals surface area contributed by atoms with Crippen LogP contribution in [0, 0.1) is 11.7 Å². The summed E-state index contributed by atoms with van der Waals surface area (Å²) in [5, 5.41) is -0.652. The lowest BCUT2D eigenvalue weighted by Gasteiger charge is -2.33. The number of hydrogen-bond donors (Lipinski definition) is 1. The van der Waals surface area contributed by atoms with E-state index in [2.05, 4.69) is 37.3 Å². The highest BCUT2D eigenvalue weighted by Gasteiger charge is 2.39. The molecule has 0 radical (unpaired) electrons. The Morgan fingerprint density at radius 2 is 2.08 bits per heavy atom. The number of hydrogen-bond acceptors (Lipinski definition) is 7. The lowest BCUT2D eigenvalue weighted by molar-refractivity contribution is 0.0982. The van der Waals surface area contributed by atoms with Crippen molar-refractivity contribution >= 4 is 38.4 Å². The molecule has 0 spiro atoms. The zero-order valence-electron chi connectivity index (χ0n) is 20.5. The first-order chi connectivity index (χ1) is 16.9. The first-order valence-electron chi connectivity index (χ1n) is 11.2. The molecule has 1 aromatic heterocycles. The fourth-order valence-corrected chi connectivity index (χ4v) is 4.96. The van der Waals surface area contributed by atoms with Gasteiger partial charge in [-0.3, -0.25) is 4.79 Å². The van der Waals surface area contributed by atoms with Crippen LogP contribution in [0.15, 0.2) is 66.1 Å². The molecule has 1 atom stereocenters. The van der Waals surface area contributed by atoms with E-state index in [1.165, 1.54) is 43.3 Å². The first-order valence-corrected chi connectivity index (χ1v) is 13.0. The molecule has 0 saturated carbocycles. The van der Waals surface area contributed by atoms with Gasteiger partial charge in [0.05, 0.1) is 10.6 Å². The minimum Gasteiger partial charge on any atom is -0.436 e. The summed E-state index contributed by atoms with van der Waals surface area (Å²) in [6.07, 6.45) is 5.00. The van der Waals surface area contributed by atoms with Crippen molar-refractivity contribution in [2.45, 2.75) is 39.7 Å². The summed E-state index contributed by atoms with van der Waals surface area (Å²) < 4.78 is 47.5. The van der Waals surface area contributed by atoms with Crippen LogP contribution in [0.3, 0.4) is 0 Å². The van der Waals surface area contributed by atoms with E-state index in [4.69, 9.17) is 16.3 Å². The van der Waals surface area contributed by atoms with Gasteiger partial charge in [-0.25, -0.2) is 19.1 Å². The molecule has 1 unspecified atom stereocenters. The highest BCUT2D eigenvalue weighted by molar-refractivity contribution is 8.05. The van der Waals surface area contributed by atoms with Gasteiger partial charge in [0.1, 0.15) is 5.82 Å². The van der Waals surface area contributed by atoms with E-state index in [-0.39, 0.29) is 27.8 Å². The number of rotatable bonds is 6. The summed E-state index contributed by atoms with van der Waals surface area (Å²) >= 11 is 5.77. The summed E-state index contributed by atoms with van der Waals surface area (Å²) in [7, 11) is -4.38. The van der Waals surface area contributed by atoms with Crippen LogP contribution in [0.5, 0.6) is 5.75 Å². The van der Waals surface area contributed by atoms with Crippen molar-refractivity contribution in [1.82, 2.24) is 9.71 Å². The van der Waals surface area contributed by atoms with E-state index in [0.29, 0.717) is 18.3 Å². The molecule has 1 N–H and O–H groups in total. The van der Waals surface area contributed by atoms with E-state index in [0.717, 1.165) is 6.42 Å². The Hall–Kier alpha value is -3.24. The van der Waals surface area contributed by atoms with Gasteiger partial charge in [0.15, 0.2) is 16.6 Å². The van der Waals surface area contributed by atoms with Gasteiger partial charge in [-0.15, -0.1) is 0 Å². The molecule has 1 fully saturated rings. The van der Waals surface area contributed by atoms with Gasteiger partial charge in [-0.05, 0) is 57.4 Å². The van der Waals surface area contributed by atoms with E-state index >= 15 is 0 Å². The number of sulfonamides is 1. The normalized spacial score (nSPS) is 18.2. The third kappa shape index (κ3) is 6.11. The number of halogens is 2. The monoisotopic (exact) mass is 534 g/mol. The van der Waals surface area contributed by atoms with Crippen molar-refractivity contribution in [3.8, 4) is 5.75 Å². The molecule has 2 heterocycles. The average Bonchev–Trinajstić information content (AvgIpc) is 3.08. The second kappa shape index (κ2) is 10.8. The standard InChI is InChI=1S/C25H28ClFN4O4S/c1-6-9-21(35-20-12-7-11-19(26)22(20)27)29-17(3)36(33,34)30-24(32)18-10-8-13-28-23(18)31-15-16(2)14-25(31,4)5/h6-13,16H,1,14-15H2,2-5H3,(H,30,32)/b21-9+,29-17?. The number of carbonyl (C=O) groups excluding carboxylic acids is 1. The number of aliphatic imine (C=N–C) groups is 1. The molecule has 0 aliphatic carbocycles. The first kappa shape index (κ1) is 27.3. The maximum atomic E-state index is 14.2. The molecule has 192 valence electrons. The predicted octanol–water partition coefficient (Wildman–Crippen LogP) is 5.08. The van der Waals surface area contributed by atoms with E-state index in [1.807, 2.05) is 9.62 Å². The third-order valence-corrected chi connectivity index (χ3v) is 7.25. The van der Waals surface area contributed by atoms with Crippen LogP contribution < -0.4 is 14.4 Å². The maximum Gasteiger partial charge on any atom is 0.277 e. The Morgan fingerprint density at radius 3 is 2.72 bits per heavy atom. The second-order valence-electron chi connectivity index (χ2n) is 9.07. The number of carbonyl (C=O) groups is 1. The van der Waals surface area contributed by atoms with Crippen LogP contribution in [-0.4, -0.2) is 36.4 Å². The van der Waals surface area contributed by atoms with Crippen molar-refractivity contribution in [2.75, 3.05) is 11.4 Å². The molecule has 1 aliphatic heterocycles. The van der Waals surface area contributed by atoms with Crippen molar-refractivity contribution in [3.05, 3.63) is 77.5 Å². The van der Waals surface area contributed by atoms with Gasteiger partial charge < -0.3 is 9.64 Å². The summed E-state index contributed by atoms with van der Waals surface area (Å²) in [5.41, 5.74) is -0.133. The largest absolute Gasteiger partial charge is 0.436 e. The number of nitrogens with zero attached hydrogens (tertiary/aromatic N) is 3. The smallest absolute Gasteiger partial charge is 0.277 e. The van der Waals surface area contributed by atoms with Crippen molar-refractivity contribution in [2.24, 2.45) is 10.9 Å². The number of nitrogens with one attached hydrogen (secondary N) is 1. The van der Waals surface area contributed by atoms with E-state index in [1.54, 1.807) is 12.3 Å². The number of benzene rings is 1. The van der Waals surface area contributed by atoms with Gasteiger partial charge in [0.2, 0.25) is 5.88 Å². The SMILES string of the molecule is C=C/C=C(\N=C(C)S(=O)(=O)NC(=O)c1cccnc1N1CC(C)CC1(C)C)Oc1cccc(Cl)c1F. The number of pyridine rings is 1. The molecule has 1 aromatic carbocycles. The molecule has 11 heteroatoms. The number of amides is 1. The predicted molar refractivity (Wildman–Crippen MR) is 139 cm³/mol. The zero-order chi connectivity index (χ0) is 26.7. The van der Waals surface area contributed by atoms with Crippen LogP contribution in [-0.2, 0) is 10.0 Å². The van der Waals surface area contributed by atoms with E-state index < -0.39 is 26.8 Å². The number of aromatic nitrogens is 1. The highest BCUT2D eigenvalue weighted by Crippen LogP contribution is 2.37. The van der Waals surface area contributed by atoms with Crippen molar-refractivity contribution < 1.29 is 22.3 Å². The average molecular weight is 535 g/mol. The van der Waals surface area contributed by atoms with Gasteiger partial charge in [0, 0.05) is 24.4 Å². The fourth-order valence-electron chi connectivity index (χ4n) is 4.09. The van der Waals surface area contributed by atoms with Crippen LogP contribution >= 0.6 is 11.6 Å². The summed E-state index contributed by atoms with van der Waals surface area (Å²) in [6.45, 7) is 11.6. The highest BCUT2D eigenvalue weighted by atomic mass is 35.5. The summed E-state index contributed by atoms with van der Waals surface area (Å²) in [5.74, 6) is -1.41. The van der Waals surface area contributed by atoms with Crippen LogP contribution in [0.1, 0.15) is 44.5 Å². The number of ether oxygens (including phenoxy) is 1. The van der Waals surface area contributed by atoms with Gasteiger partial charge in [-0.2, -0.15) is 8.42 Å². The maximum absolute atomic E-state index is 14.2. The quantitative estimate of drug-likeness (QED) is 0.240.